The van der Waals surface area contributed by atoms with E-state index in [1.165, 1.54) is 24.3 Å². The normalized spacial score (nSPS) is 10.2. The monoisotopic (exact) mass is 955 g/mol. The van der Waals surface area contributed by atoms with Crippen LogP contribution in [0.15, 0.2) is 48.5 Å². The quantitative estimate of drug-likeness (QED) is 0.0714. The van der Waals surface area contributed by atoms with E-state index in [9.17, 15) is 63.7 Å². The molecular formula is C26H8Cu3F10O12S2. The number of halogens is 10. The molecule has 3 radical (unpaired) electrons. The van der Waals surface area contributed by atoms with Crippen molar-refractivity contribution in [1.82, 2.24) is 0 Å². The van der Waals surface area contributed by atoms with Gasteiger partial charge in [-0.05, 0) is 11.1 Å². The van der Waals surface area contributed by atoms with E-state index in [2.05, 4.69) is 0 Å². The molecule has 0 aliphatic rings. The molecule has 0 heterocycles. The molecule has 0 aliphatic heterocycles. The Kier molecular flexibility index (Phi) is 22.3. The van der Waals surface area contributed by atoms with Crippen LogP contribution in [0.1, 0.15) is 20.7 Å². The van der Waals surface area contributed by atoms with Gasteiger partial charge in [0.2, 0.25) is 11.6 Å². The summed E-state index contributed by atoms with van der Waals surface area (Å²) in [6, 6.07) is 8.54. The second-order valence-electron chi connectivity index (χ2n) is 8.37. The van der Waals surface area contributed by atoms with Crippen LogP contribution in [0, 0.1) is 58.2 Å². The van der Waals surface area contributed by atoms with Gasteiger partial charge < -0.3 is 38.0 Å². The zero-order valence-corrected chi connectivity index (χ0v) is 28.5. The van der Waals surface area contributed by atoms with Gasteiger partial charge in [-0.2, -0.15) is 0 Å². The summed E-state index contributed by atoms with van der Waals surface area (Å²) in [6.07, 6.45) is 0. The van der Waals surface area contributed by atoms with Crippen LogP contribution in [0.5, 0.6) is 0 Å². The third kappa shape index (κ3) is 15.4. The summed E-state index contributed by atoms with van der Waals surface area (Å²) in [5.74, 6) is -25.2. The molecule has 0 unspecified atom stereocenters. The Morgan fingerprint density at radius 2 is 0.566 bits per heavy atom. The van der Waals surface area contributed by atoms with Crippen LogP contribution in [0.3, 0.4) is 0 Å². The van der Waals surface area contributed by atoms with Gasteiger partial charge in [0.05, 0.1) is 23.1 Å². The average Bonchev–Trinajstić information content (AvgIpc) is 3.00. The van der Waals surface area contributed by atoms with Crippen molar-refractivity contribution >= 4 is 32.7 Å². The molecule has 0 saturated heterocycles. The predicted molar refractivity (Wildman–Crippen MR) is 133 cm³/mol. The molecule has 0 aromatic heterocycles. The van der Waals surface area contributed by atoms with Gasteiger partial charge in [0.1, 0.15) is 0 Å². The van der Waals surface area contributed by atoms with Crippen LogP contribution < -0.4 is 10.2 Å². The van der Waals surface area contributed by atoms with Crippen LogP contribution in [0.2, 0.25) is 0 Å². The van der Waals surface area contributed by atoms with Crippen molar-refractivity contribution in [1.29, 1.82) is 0 Å². The van der Waals surface area contributed by atoms with Gasteiger partial charge in [-0.25, -0.2) is 43.9 Å². The van der Waals surface area contributed by atoms with Gasteiger partial charge in [-0.1, -0.05) is 48.5 Å². The van der Waals surface area contributed by atoms with Crippen LogP contribution >= 0.6 is 0 Å². The van der Waals surface area contributed by atoms with E-state index < -0.39 is 124 Å². The van der Waals surface area contributed by atoms with Gasteiger partial charge in [0.25, 0.3) is 0 Å². The predicted octanol–water partition coefficient (Wildman–Crippen LogP) is 2.14. The number of hydrogen-bond donors (Lipinski definition) is 0. The van der Waals surface area contributed by atoms with Crippen LogP contribution in [-0.2, 0) is 72.0 Å². The summed E-state index contributed by atoms with van der Waals surface area (Å²) in [6.45, 7) is 0. The maximum Gasteiger partial charge on any atom is 2.00 e. The first-order valence-electron chi connectivity index (χ1n) is 11.7. The molecule has 0 atom stereocenters. The van der Waals surface area contributed by atoms with Crippen LogP contribution in [-0.4, -0.2) is 47.0 Å². The number of aromatic carboxylic acids is 2. The second kappa shape index (κ2) is 22.0. The van der Waals surface area contributed by atoms with Crippen molar-refractivity contribution in [3.05, 3.63) is 118 Å². The van der Waals surface area contributed by atoms with Gasteiger partial charge in [-0.15, -0.1) is 0 Å². The molecule has 27 heteroatoms. The first-order chi connectivity index (χ1) is 22.7. The summed E-state index contributed by atoms with van der Waals surface area (Å²) in [4.78, 5) is 21.7. The van der Waals surface area contributed by atoms with Gasteiger partial charge in [0.15, 0.2) is 46.5 Å². The third-order valence-electron chi connectivity index (χ3n) is 5.25. The van der Waals surface area contributed by atoms with Gasteiger partial charge >= 0.3 is 51.2 Å². The minimum atomic E-state index is -5.17. The molecule has 0 spiro atoms. The fraction of sp³-hybridized carbons (Fsp3) is 0. The molecule has 0 amide bonds. The minimum Gasteiger partial charge on any atom is -0.759 e. The first kappa shape index (κ1) is 53.8. The maximum absolute atomic E-state index is 13.6. The molecule has 12 nitrogen and oxygen atoms in total. The molecule has 0 aliphatic carbocycles. The molecule has 0 saturated carbocycles. The van der Waals surface area contributed by atoms with Crippen molar-refractivity contribution in [2.45, 2.75) is 0 Å². The molecule has 0 N–H and O–H groups in total. The summed E-state index contributed by atoms with van der Waals surface area (Å²) in [7, 11) is -10.3. The molecule has 0 fully saturated rings. The fourth-order valence-electron chi connectivity index (χ4n) is 3.44. The van der Waals surface area contributed by atoms with E-state index in [-0.39, 0.29) is 51.2 Å². The minimum absolute atomic E-state index is 0. The SMILES string of the molecule is O=C([O-])c1ccccc1-c1c(F)c(F)c(F)c(F)c1F.O=C([O-])c1ccccc1-c1c(F)c(F)c(F)c(F)c1F.O=S(=O)([O-])[O-].O=S(=O)([O-])[O-].[Cu+2].[Cu+2].[Cu+2]. The maximum atomic E-state index is 13.6. The Hall–Kier alpha value is -3.58. The average molecular weight is 957 g/mol. The Labute approximate surface area is 321 Å². The van der Waals surface area contributed by atoms with E-state index in [0.717, 1.165) is 24.3 Å². The number of rotatable bonds is 4. The molecular weight excluding hydrogens is 949 g/mol. The molecule has 4 rings (SSSR count). The van der Waals surface area contributed by atoms with E-state index in [1.807, 2.05) is 0 Å². The van der Waals surface area contributed by atoms with E-state index in [4.69, 9.17) is 35.0 Å². The van der Waals surface area contributed by atoms with Crippen molar-refractivity contribution in [2.24, 2.45) is 0 Å². The van der Waals surface area contributed by atoms with E-state index >= 15 is 0 Å². The molecule has 4 aromatic carbocycles. The first-order valence-corrected chi connectivity index (χ1v) is 14.4. The Morgan fingerprint density at radius 1 is 0.396 bits per heavy atom. The molecule has 53 heavy (non-hydrogen) atoms. The zero-order chi connectivity index (χ0) is 39.0. The number of carbonyl (C=O) groups is 2. The number of benzene rings is 4. The molecule has 4 aromatic rings. The van der Waals surface area contributed by atoms with Crippen LogP contribution in [0.4, 0.5) is 43.9 Å². The molecule has 0 bridgehead atoms. The molecule has 299 valence electrons. The Bertz CT molecular complexity index is 1950. The summed E-state index contributed by atoms with van der Waals surface area (Å²) < 4.78 is 201. The zero-order valence-electron chi connectivity index (χ0n) is 24.0. The Morgan fingerprint density at radius 3 is 0.755 bits per heavy atom. The van der Waals surface area contributed by atoms with Crippen molar-refractivity contribution in [3.8, 4) is 22.3 Å². The van der Waals surface area contributed by atoms with E-state index in [0.29, 0.717) is 0 Å². The van der Waals surface area contributed by atoms with E-state index in [1.54, 1.807) is 0 Å². The van der Waals surface area contributed by atoms with Crippen molar-refractivity contribution in [2.75, 3.05) is 0 Å². The van der Waals surface area contributed by atoms with Crippen molar-refractivity contribution in [3.63, 3.8) is 0 Å². The Balaban J connectivity index is -0.000000720. The van der Waals surface area contributed by atoms with Gasteiger partial charge in [0, 0.05) is 31.9 Å². The summed E-state index contributed by atoms with van der Waals surface area (Å²) >= 11 is 0. The number of carboxylic acid groups (broad SMARTS) is 2. The largest absolute Gasteiger partial charge is 2.00 e. The smallest absolute Gasteiger partial charge is 0.759 e. The third-order valence-corrected chi connectivity index (χ3v) is 5.25. The van der Waals surface area contributed by atoms with Gasteiger partial charge in [-0.3, -0.25) is 16.8 Å². The second-order valence-corrected chi connectivity index (χ2v) is 10.0. The number of carbonyl (C=O) groups excluding carboxylic acids is 2. The number of carboxylic acids is 2. The summed E-state index contributed by atoms with van der Waals surface area (Å²) in [5.41, 5.74) is -5.28. The summed E-state index contributed by atoms with van der Waals surface area (Å²) in [5, 5.41) is 21.7. The fourth-order valence-corrected chi connectivity index (χ4v) is 3.44. The van der Waals surface area contributed by atoms with Crippen LogP contribution in [0.25, 0.3) is 22.3 Å². The number of hydrogen-bond acceptors (Lipinski definition) is 12. The van der Waals surface area contributed by atoms with Crippen molar-refractivity contribution < 1.29 is 150 Å². The topological polar surface area (TPSA) is 241 Å². The standard InChI is InChI=1S/2C13H5F5O2.3Cu.2H2O4S/c2*14-8-7(9(15)11(17)12(18)10(8)16)5-3-1-2-4-6(5)13(19)20;;;;2*1-5(2,3)4/h2*1-4H,(H,19,20);;;;2*(H2,1,2,3,4)/q;;3*+2;;/p-6.